The summed E-state index contributed by atoms with van der Waals surface area (Å²) in [5.74, 6) is -1.11. The number of hydrogen-bond donors (Lipinski definition) is 2. The molecule has 0 spiro atoms. The Morgan fingerprint density at radius 3 is 2.59 bits per heavy atom. The van der Waals surface area contributed by atoms with Crippen LogP contribution in [0.25, 0.3) is 0 Å². The van der Waals surface area contributed by atoms with Gasteiger partial charge in [0.2, 0.25) is 5.91 Å². The van der Waals surface area contributed by atoms with Gasteiger partial charge in [-0.1, -0.05) is 0 Å². The molecule has 94 valence electrons. The van der Waals surface area contributed by atoms with Gasteiger partial charge in [-0.25, -0.2) is 0 Å². The number of nitriles is 1. The summed E-state index contributed by atoms with van der Waals surface area (Å²) in [6, 6.07) is 2.16. The number of rotatable bonds is 5. The molecular formula is C11H16N2O3S. The summed E-state index contributed by atoms with van der Waals surface area (Å²) in [6.45, 7) is 1.54. The zero-order valence-electron chi connectivity index (χ0n) is 9.73. The smallest absolute Gasteiger partial charge is 0.316 e. The van der Waals surface area contributed by atoms with E-state index in [-0.39, 0.29) is 11.7 Å². The van der Waals surface area contributed by atoms with Crippen LogP contribution in [0.15, 0.2) is 0 Å². The number of amides is 1. The highest BCUT2D eigenvalue weighted by molar-refractivity contribution is 8.01. The molecular weight excluding hydrogens is 240 g/mol. The van der Waals surface area contributed by atoms with Crippen molar-refractivity contribution in [2.75, 3.05) is 5.75 Å². The van der Waals surface area contributed by atoms with Crippen LogP contribution in [0.5, 0.6) is 0 Å². The fourth-order valence-corrected chi connectivity index (χ4v) is 2.43. The van der Waals surface area contributed by atoms with E-state index in [1.165, 1.54) is 6.92 Å². The van der Waals surface area contributed by atoms with Crippen molar-refractivity contribution in [2.45, 2.75) is 43.4 Å². The predicted octanol–water partition coefficient (Wildman–Crippen LogP) is 1.15. The van der Waals surface area contributed by atoms with Crippen molar-refractivity contribution in [2.24, 2.45) is 0 Å². The quantitative estimate of drug-likeness (QED) is 0.770. The molecule has 6 heteroatoms. The van der Waals surface area contributed by atoms with Crippen LogP contribution in [-0.4, -0.2) is 33.5 Å². The van der Waals surface area contributed by atoms with Gasteiger partial charge < -0.3 is 10.4 Å². The molecule has 0 saturated heterocycles. The van der Waals surface area contributed by atoms with Crippen LogP contribution in [0.1, 0.15) is 32.6 Å². The van der Waals surface area contributed by atoms with Gasteiger partial charge in [-0.15, -0.1) is 11.8 Å². The topological polar surface area (TPSA) is 90.2 Å². The van der Waals surface area contributed by atoms with Crippen molar-refractivity contribution in [3.05, 3.63) is 0 Å². The number of carboxylic acids is 1. The molecule has 0 aliphatic heterocycles. The van der Waals surface area contributed by atoms with Crippen molar-refractivity contribution in [3.63, 3.8) is 0 Å². The van der Waals surface area contributed by atoms with E-state index < -0.39 is 16.8 Å². The van der Waals surface area contributed by atoms with Crippen molar-refractivity contribution in [1.82, 2.24) is 5.32 Å². The molecule has 1 fully saturated rings. The lowest BCUT2D eigenvalue weighted by Gasteiger charge is -2.22. The number of carboxylic acid groups (broad SMARTS) is 1. The maximum Gasteiger partial charge on any atom is 0.316 e. The second-order valence-electron chi connectivity index (χ2n) is 4.24. The van der Waals surface area contributed by atoms with E-state index in [0.29, 0.717) is 12.8 Å². The van der Waals surface area contributed by atoms with Gasteiger partial charge in [0.25, 0.3) is 0 Å². The van der Waals surface area contributed by atoms with Gasteiger partial charge >= 0.3 is 5.97 Å². The van der Waals surface area contributed by atoms with Gasteiger partial charge in [-0.05, 0) is 32.6 Å². The van der Waals surface area contributed by atoms with E-state index in [0.717, 1.165) is 24.6 Å². The number of thioether (sulfide) groups is 1. The monoisotopic (exact) mass is 256 g/mol. The molecule has 0 aromatic heterocycles. The average molecular weight is 256 g/mol. The zero-order chi connectivity index (χ0) is 12.9. The standard InChI is InChI=1S/C11H16N2O3S/c1-8(10(15)16)17-6-9(14)13-11(7-12)4-2-3-5-11/h8H,2-6H2,1H3,(H,13,14)(H,15,16). The summed E-state index contributed by atoms with van der Waals surface area (Å²) in [6.07, 6.45) is 3.28. The molecule has 1 unspecified atom stereocenters. The van der Waals surface area contributed by atoms with Crippen LogP contribution in [0, 0.1) is 11.3 Å². The van der Waals surface area contributed by atoms with E-state index in [1.807, 2.05) is 0 Å². The lowest BCUT2D eigenvalue weighted by atomic mass is 10.0. The fourth-order valence-electron chi connectivity index (χ4n) is 1.82. The molecule has 0 heterocycles. The van der Waals surface area contributed by atoms with Crippen LogP contribution in [0.2, 0.25) is 0 Å². The second kappa shape index (κ2) is 5.92. The summed E-state index contributed by atoms with van der Waals surface area (Å²) in [4.78, 5) is 22.2. The van der Waals surface area contributed by atoms with E-state index >= 15 is 0 Å². The molecule has 1 saturated carbocycles. The minimum atomic E-state index is -0.932. The molecule has 0 aromatic rings. The van der Waals surface area contributed by atoms with E-state index in [9.17, 15) is 9.59 Å². The van der Waals surface area contributed by atoms with Crippen molar-refractivity contribution in [3.8, 4) is 6.07 Å². The fraction of sp³-hybridized carbons (Fsp3) is 0.727. The third kappa shape index (κ3) is 3.93. The minimum Gasteiger partial charge on any atom is -0.480 e. The Hall–Kier alpha value is -1.22. The lowest BCUT2D eigenvalue weighted by Crippen LogP contribution is -2.46. The largest absolute Gasteiger partial charge is 0.480 e. The second-order valence-corrected chi connectivity index (χ2v) is 5.57. The summed E-state index contributed by atoms with van der Waals surface area (Å²) < 4.78 is 0. The molecule has 2 N–H and O–H groups in total. The lowest BCUT2D eigenvalue weighted by molar-refractivity contribution is -0.136. The number of carbonyl (C=O) groups is 2. The first-order valence-corrected chi connectivity index (χ1v) is 6.61. The molecule has 1 amide bonds. The van der Waals surface area contributed by atoms with Crippen LogP contribution < -0.4 is 5.32 Å². The van der Waals surface area contributed by atoms with Crippen LogP contribution in [-0.2, 0) is 9.59 Å². The third-order valence-corrected chi connectivity index (χ3v) is 3.99. The van der Waals surface area contributed by atoms with Crippen LogP contribution in [0.3, 0.4) is 0 Å². The molecule has 1 aliphatic rings. The van der Waals surface area contributed by atoms with Crippen molar-refractivity contribution < 1.29 is 14.7 Å². The number of nitrogens with one attached hydrogen (secondary N) is 1. The van der Waals surface area contributed by atoms with E-state index in [1.54, 1.807) is 0 Å². The van der Waals surface area contributed by atoms with Gasteiger partial charge in [0.1, 0.15) is 5.54 Å². The van der Waals surface area contributed by atoms with Gasteiger partial charge in [0, 0.05) is 0 Å². The molecule has 1 atom stereocenters. The number of aliphatic carboxylic acids is 1. The SMILES string of the molecule is CC(SCC(=O)NC1(C#N)CCCC1)C(=O)O. The Morgan fingerprint density at radius 2 is 2.12 bits per heavy atom. The zero-order valence-corrected chi connectivity index (χ0v) is 10.5. The maximum absolute atomic E-state index is 11.6. The van der Waals surface area contributed by atoms with Gasteiger partial charge in [0.05, 0.1) is 17.1 Å². The van der Waals surface area contributed by atoms with E-state index in [4.69, 9.17) is 10.4 Å². The average Bonchev–Trinajstić information content (AvgIpc) is 2.75. The normalized spacial score (nSPS) is 19.3. The van der Waals surface area contributed by atoms with E-state index in [2.05, 4.69) is 11.4 Å². The third-order valence-electron chi connectivity index (χ3n) is 2.86. The van der Waals surface area contributed by atoms with Crippen LogP contribution >= 0.6 is 11.8 Å². The van der Waals surface area contributed by atoms with Gasteiger partial charge in [-0.3, -0.25) is 9.59 Å². The number of hydrogen-bond acceptors (Lipinski definition) is 4. The summed E-state index contributed by atoms with van der Waals surface area (Å²) in [5.41, 5.74) is -0.718. The molecule has 1 rings (SSSR count). The molecule has 5 nitrogen and oxygen atoms in total. The Bertz CT molecular complexity index is 345. The van der Waals surface area contributed by atoms with Gasteiger partial charge in [-0.2, -0.15) is 5.26 Å². The summed E-state index contributed by atoms with van der Waals surface area (Å²) in [7, 11) is 0. The summed E-state index contributed by atoms with van der Waals surface area (Å²) in [5, 5.41) is 19.9. The highest BCUT2D eigenvalue weighted by Gasteiger charge is 2.35. The minimum absolute atomic E-state index is 0.0803. The predicted molar refractivity (Wildman–Crippen MR) is 64.5 cm³/mol. The Kier molecular flexibility index (Phi) is 4.82. The number of nitrogens with zero attached hydrogens (tertiary/aromatic N) is 1. The highest BCUT2D eigenvalue weighted by atomic mass is 32.2. The maximum atomic E-state index is 11.6. The Balaban J connectivity index is 2.39. The van der Waals surface area contributed by atoms with Gasteiger partial charge in [0.15, 0.2) is 0 Å². The molecule has 0 bridgehead atoms. The first-order valence-electron chi connectivity index (χ1n) is 5.56. The first-order chi connectivity index (χ1) is 7.99. The van der Waals surface area contributed by atoms with Crippen LogP contribution in [0.4, 0.5) is 0 Å². The summed E-state index contributed by atoms with van der Waals surface area (Å²) >= 11 is 1.06. The number of carbonyl (C=O) groups excluding carboxylic acids is 1. The molecule has 0 aromatic carbocycles. The highest BCUT2D eigenvalue weighted by Crippen LogP contribution is 2.29. The van der Waals surface area contributed by atoms with Crippen molar-refractivity contribution in [1.29, 1.82) is 5.26 Å². The molecule has 17 heavy (non-hydrogen) atoms. The molecule has 1 aliphatic carbocycles. The Labute approximate surface area is 105 Å². The molecule has 0 radical (unpaired) electrons. The Morgan fingerprint density at radius 1 is 1.53 bits per heavy atom. The van der Waals surface area contributed by atoms with Crippen molar-refractivity contribution >= 4 is 23.6 Å². The first kappa shape index (κ1) is 13.8.